The predicted octanol–water partition coefficient (Wildman–Crippen LogP) is 6.53. The fourth-order valence-electron chi connectivity index (χ4n) is 6.82. The number of rotatable bonds is 11. The quantitative estimate of drug-likeness (QED) is 0.0747. The molecule has 3 aliphatic rings. The molecule has 1 atom stereocenters. The Bertz CT molecular complexity index is 2120. The van der Waals surface area contributed by atoms with Crippen molar-refractivity contribution in [2.75, 3.05) is 31.3 Å². The Labute approximate surface area is 318 Å². The fourth-order valence-corrected chi connectivity index (χ4v) is 8.17. The molecular formula is C37H35Cl2FN6O6S. The van der Waals surface area contributed by atoms with Gasteiger partial charge in [-0.05, 0) is 54.5 Å². The van der Waals surface area contributed by atoms with Crippen molar-refractivity contribution in [1.29, 1.82) is 0 Å². The van der Waals surface area contributed by atoms with E-state index in [1.54, 1.807) is 42.0 Å². The average Bonchev–Trinajstić information content (AvgIpc) is 3.49. The van der Waals surface area contributed by atoms with E-state index in [0.29, 0.717) is 91.3 Å². The summed E-state index contributed by atoms with van der Waals surface area (Å²) in [7, 11) is 1.54. The van der Waals surface area contributed by atoms with Gasteiger partial charge in [0.05, 0.1) is 28.4 Å². The van der Waals surface area contributed by atoms with Crippen LogP contribution in [0.4, 0.5) is 15.9 Å². The number of fused-ring (bicyclic) bond motifs is 2. The van der Waals surface area contributed by atoms with Gasteiger partial charge in [0.1, 0.15) is 24.3 Å². The summed E-state index contributed by atoms with van der Waals surface area (Å²) in [6.07, 6.45) is 4.02. The van der Waals surface area contributed by atoms with Gasteiger partial charge in [0, 0.05) is 67.2 Å². The lowest BCUT2D eigenvalue weighted by atomic mass is 10.0. The Morgan fingerprint density at radius 2 is 1.89 bits per heavy atom. The molecule has 3 aliphatic heterocycles. The van der Waals surface area contributed by atoms with Crippen LogP contribution >= 0.6 is 35.0 Å². The lowest BCUT2D eigenvalue weighted by Crippen LogP contribution is -2.52. The molecule has 1 unspecified atom stereocenters. The molecule has 276 valence electrons. The topological polar surface area (TPSA) is 143 Å². The highest BCUT2D eigenvalue weighted by molar-refractivity contribution is 7.99. The highest BCUT2D eigenvalue weighted by Crippen LogP contribution is 2.38. The molecular weight excluding hydrogens is 746 g/mol. The first kappa shape index (κ1) is 36.7. The zero-order chi connectivity index (χ0) is 37.2. The van der Waals surface area contributed by atoms with Crippen LogP contribution in [0.2, 0.25) is 10.0 Å². The Balaban J connectivity index is 0.916. The minimum Gasteiger partial charge on any atom is -0.493 e. The van der Waals surface area contributed by atoms with Crippen molar-refractivity contribution in [3.63, 3.8) is 0 Å². The van der Waals surface area contributed by atoms with Crippen molar-refractivity contribution >= 4 is 81.0 Å². The van der Waals surface area contributed by atoms with E-state index in [1.165, 1.54) is 18.5 Å². The van der Waals surface area contributed by atoms with E-state index in [2.05, 4.69) is 20.6 Å². The van der Waals surface area contributed by atoms with Crippen LogP contribution in [0, 0.1) is 5.82 Å². The first-order chi connectivity index (χ1) is 25.6. The molecule has 12 nitrogen and oxygen atoms in total. The van der Waals surface area contributed by atoms with Gasteiger partial charge in [0.2, 0.25) is 17.7 Å². The SMILES string of the molecule is COc1cc2ncnc(Nc3ccc(Cl)c(Cl)c3F)c2cc1OC1CCN(C(=O)CCCSc2cccc3c2CN(C2CCC(=O)NC2=O)C3=O)CC1. The third kappa shape index (κ3) is 7.71. The molecule has 4 amide bonds. The summed E-state index contributed by atoms with van der Waals surface area (Å²) < 4.78 is 26.8. The molecule has 2 N–H and O–H groups in total. The second kappa shape index (κ2) is 15.7. The van der Waals surface area contributed by atoms with Crippen molar-refractivity contribution in [3.05, 3.63) is 75.8 Å². The van der Waals surface area contributed by atoms with Gasteiger partial charge in [-0.1, -0.05) is 29.3 Å². The average molecular weight is 782 g/mol. The molecule has 0 saturated carbocycles. The van der Waals surface area contributed by atoms with Crippen LogP contribution in [-0.2, 0) is 20.9 Å². The van der Waals surface area contributed by atoms with E-state index in [0.717, 1.165) is 10.5 Å². The number of carbonyl (C=O) groups is 4. The smallest absolute Gasteiger partial charge is 0.255 e. The third-order valence-corrected chi connectivity index (χ3v) is 11.6. The molecule has 0 aliphatic carbocycles. The van der Waals surface area contributed by atoms with E-state index in [4.69, 9.17) is 32.7 Å². The number of likely N-dealkylation sites (tertiary alicyclic amines) is 1. The van der Waals surface area contributed by atoms with Crippen LogP contribution in [0.1, 0.15) is 54.4 Å². The Morgan fingerprint density at radius 3 is 2.66 bits per heavy atom. The molecule has 7 rings (SSSR count). The molecule has 0 spiro atoms. The molecule has 4 heterocycles. The number of thioether (sulfide) groups is 1. The summed E-state index contributed by atoms with van der Waals surface area (Å²) in [6, 6.07) is 11.4. The first-order valence-electron chi connectivity index (χ1n) is 17.2. The maximum absolute atomic E-state index is 14.8. The van der Waals surface area contributed by atoms with Gasteiger partial charge in [-0.2, -0.15) is 0 Å². The van der Waals surface area contributed by atoms with Crippen molar-refractivity contribution in [1.82, 2.24) is 25.1 Å². The molecule has 4 aromatic rings. The number of ether oxygens (including phenoxy) is 2. The van der Waals surface area contributed by atoms with Gasteiger partial charge in [-0.3, -0.25) is 24.5 Å². The first-order valence-corrected chi connectivity index (χ1v) is 18.9. The van der Waals surface area contributed by atoms with Crippen LogP contribution in [0.5, 0.6) is 11.5 Å². The van der Waals surface area contributed by atoms with Crippen molar-refractivity contribution in [2.45, 2.75) is 62.1 Å². The highest BCUT2D eigenvalue weighted by atomic mass is 35.5. The second-order valence-corrected chi connectivity index (χ2v) is 14.8. The maximum atomic E-state index is 14.8. The Hall–Kier alpha value is -4.66. The Morgan fingerprint density at radius 1 is 1.08 bits per heavy atom. The number of anilines is 2. The number of benzene rings is 3. The summed E-state index contributed by atoms with van der Waals surface area (Å²) in [5.41, 5.74) is 2.12. The number of piperidine rings is 2. The summed E-state index contributed by atoms with van der Waals surface area (Å²) in [6.45, 7) is 1.41. The third-order valence-electron chi connectivity index (χ3n) is 9.63. The number of hydrogen-bond acceptors (Lipinski definition) is 10. The van der Waals surface area contributed by atoms with Crippen LogP contribution in [-0.4, -0.2) is 81.5 Å². The number of carbonyl (C=O) groups excluding carboxylic acids is 4. The monoisotopic (exact) mass is 780 g/mol. The number of halogens is 3. The summed E-state index contributed by atoms with van der Waals surface area (Å²) >= 11 is 13.6. The van der Waals surface area contributed by atoms with E-state index in [1.807, 2.05) is 17.0 Å². The molecule has 0 radical (unpaired) electrons. The molecule has 1 aromatic heterocycles. The van der Waals surface area contributed by atoms with Gasteiger partial charge in [0.25, 0.3) is 5.91 Å². The second-order valence-electron chi connectivity index (χ2n) is 12.9. The van der Waals surface area contributed by atoms with Gasteiger partial charge < -0.3 is 24.6 Å². The summed E-state index contributed by atoms with van der Waals surface area (Å²) in [4.78, 5) is 63.4. The van der Waals surface area contributed by atoms with Gasteiger partial charge in [-0.25, -0.2) is 14.4 Å². The molecule has 3 aromatic carbocycles. The predicted molar refractivity (Wildman–Crippen MR) is 198 cm³/mol. The zero-order valence-corrected chi connectivity index (χ0v) is 31.0. The zero-order valence-electron chi connectivity index (χ0n) is 28.6. The largest absolute Gasteiger partial charge is 0.493 e. The van der Waals surface area contributed by atoms with Crippen molar-refractivity contribution in [2.24, 2.45) is 0 Å². The molecule has 2 fully saturated rings. The van der Waals surface area contributed by atoms with E-state index >= 15 is 0 Å². The maximum Gasteiger partial charge on any atom is 0.255 e. The highest BCUT2D eigenvalue weighted by Gasteiger charge is 2.40. The molecule has 16 heteroatoms. The lowest BCUT2D eigenvalue weighted by molar-refractivity contribution is -0.137. The minimum absolute atomic E-state index is 0.0761. The normalized spacial score (nSPS) is 17.6. The molecule has 53 heavy (non-hydrogen) atoms. The number of nitrogens with zero attached hydrogens (tertiary/aromatic N) is 4. The van der Waals surface area contributed by atoms with Crippen molar-refractivity contribution < 1.29 is 33.0 Å². The van der Waals surface area contributed by atoms with Gasteiger partial charge in [0.15, 0.2) is 17.3 Å². The number of nitrogens with one attached hydrogen (secondary N) is 2. The molecule has 0 bridgehead atoms. The minimum atomic E-state index is -0.701. The van der Waals surface area contributed by atoms with E-state index < -0.39 is 17.8 Å². The Kier molecular flexibility index (Phi) is 10.9. The van der Waals surface area contributed by atoms with Crippen LogP contribution in [0.3, 0.4) is 0 Å². The summed E-state index contributed by atoms with van der Waals surface area (Å²) in [5.74, 6) is 0.414. The van der Waals surface area contributed by atoms with E-state index in [-0.39, 0.29) is 46.0 Å². The number of amides is 4. The summed E-state index contributed by atoms with van der Waals surface area (Å²) in [5, 5.41) is 5.80. The number of hydrogen-bond donors (Lipinski definition) is 2. The van der Waals surface area contributed by atoms with Crippen molar-refractivity contribution in [3.8, 4) is 11.5 Å². The van der Waals surface area contributed by atoms with Crippen LogP contribution in [0.25, 0.3) is 10.9 Å². The van der Waals surface area contributed by atoms with Gasteiger partial charge >= 0.3 is 0 Å². The van der Waals surface area contributed by atoms with Gasteiger partial charge in [-0.15, -0.1) is 11.8 Å². The van der Waals surface area contributed by atoms with Crippen LogP contribution < -0.4 is 20.1 Å². The molecule has 2 saturated heterocycles. The number of methoxy groups -OCH3 is 1. The standard InChI is InChI=1S/C37H35Cl2FN6O6S/c1-51-28-17-26-22(35(42-19-41-26)43-25-8-7-24(38)33(39)34(25)40)16-29(28)52-20-11-13-45(14-12-20)32(48)6-3-15-53-30-5-2-4-21-23(30)18-46(37(21)50)27-9-10-31(47)44-36(27)49/h2,4-5,7-8,16-17,19-20,27H,3,6,9-15,18H2,1H3,(H,41,42,43)(H,44,47,49). The number of aromatic nitrogens is 2. The number of imide groups is 1. The van der Waals surface area contributed by atoms with Crippen LogP contribution in [0.15, 0.2) is 53.7 Å². The lowest BCUT2D eigenvalue weighted by Gasteiger charge is -2.32. The van der Waals surface area contributed by atoms with E-state index in [9.17, 15) is 23.6 Å². The fraction of sp³-hybridized carbons (Fsp3) is 0.351.